The summed E-state index contributed by atoms with van der Waals surface area (Å²) in [5.74, 6) is 0.102. The van der Waals surface area contributed by atoms with E-state index in [4.69, 9.17) is 0 Å². The number of likely N-dealkylation sites (N-methyl/N-ethyl adjacent to an activating group) is 1. The highest BCUT2D eigenvalue weighted by Crippen LogP contribution is 2.38. The number of hydrogen-bond donors (Lipinski definition) is 1. The van der Waals surface area contributed by atoms with Crippen molar-refractivity contribution >= 4 is 21.8 Å². The van der Waals surface area contributed by atoms with Crippen LogP contribution < -0.4 is 5.32 Å². The standard InChI is InChI=1S/C15H18BrFN2O/c1-19-8-9(2-7-14(19)20)18-13-6-3-10-12(17)5-4-11(16)15(10)13/h4-5,9,13,18H,2-3,6-8H2,1H3/t9-,13-/m0/s1. The van der Waals surface area contributed by atoms with Crippen molar-refractivity contribution in [1.82, 2.24) is 10.2 Å². The molecule has 20 heavy (non-hydrogen) atoms. The van der Waals surface area contributed by atoms with Gasteiger partial charge in [0.15, 0.2) is 0 Å². The van der Waals surface area contributed by atoms with Crippen molar-refractivity contribution in [2.75, 3.05) is 13.6 Å². The van der Waals surface area contributed by atoms with Crippen LogP contribution in [0.5, 0.6) is 0 Å². The number of fused-ring (bicyclic) bond motifs is 1. The molecule has 1 aromatic rings. The predicted molar refractivity (Wildman–Crippen MR) is 79.0 cm³/mol. The molecule has 108 valence electrons. The van der Waals surface area contributed by atoms with E-state index in [0.29, 0.717) is 12.5 Å². The fraction of sp³-hybridized carbons (Fsp3) is 0.533. The lowest BCUT2D eigenvalue weighted by Gasteiger charge is -2.32. The third-order valence-electron chi connectivity index (χ3n) is 4.34. The molecule has 1 fully saturated rings. The Morgan fingerprint density at radius 2 is 2.15 bits per heavy atom. The van der Waals surface area contributed by atoms with Gasteiger partial charge in [-0.25, -0.2) is 4.39 Å². The van der Waals surface area contributed by atoms with Crippen LogP contribution in [0.4, 0.5) is 4.39 Å². The fourth-order valence-electron chi connectivity index (χ4n) is 3.27. The zero-order valence-corrected chi connectivity index (χ0v) is 13.0. The molecule has 1 saturated heterocycles. The molecule has 1 aliphatic heterocycles. The summed E-state index contributed by atoms with van der Waals surface area (Å²) in [7, 11) is 1.84. The van der Waals surface area contributed by atoms with Gasteiger partial charge in [-0.2, -0.15) is 0 Å². The van der Waals surface area contributed by atoms with Crippen LogP contribution >= 0.6 is 15.9 Å². The van der Waals surface area contributed by atoms with E-state index < -0.39 is 0 Å². The van der Waals surface area contributed by atoms with Crippen molar-refractivity contribution in [1.29, 1.82) is 0 Å². The number of piperidine rings is 1. The molecule has 2 aliphatic rings. The van der Waals surface area contributed by atoms with Crippen LogP contribution in [0.3, 0.4) is 0 Å². The fourth-order valence-corrected chi connectivity index (χ4v) is 3.92. The van der Waals surface area contributed by atoms with Gasteiger partial charge in [-0.05, 0) is 42.5 Å². The minimum Gasteiger partial charge on any atom is -0.344 e. The van der Waals surface area contributed by atoms with Crippen molar-refractivity contribution in [2.45, 2.75) is 37.8 Å². The average Bonchev–Trinajstić information content (AvgIpc) is 2.83. The van der Waals surface area contributed by atoms with Crippen LogP contribution in [0.15, 0.2) is 16.6 Å². The van der Waals surface area contributed by atoms with Crippen molar-refractivity contribution < 1.29 is 9.18 Å². The molecule has 0 bridgehead atoms. The number of carbonyl (C=O) groups is 1. The molecule has 3 rings (SSSR count). The Morgan fingerprint density at radius 3 is 2.90 bits per heavy atom. The van der Waals surface area contributed by atoms with E-state index in [1.165, 1.54) is 6.07 Å². The number of hydrogen-bond acceptors (Lipinski definition) is 2. The first-order chi connectivity index (χ1) is 9.56. The zero-order valence-electron chi connectivity index (χ0n) is 11.5. The van der Waals surface area contributed by atoms with Gasteiger partial charge in [0, 0.05) is 36.6 Å². The first-order valence-electron chi connectivity index (χ1n) is 7.03. The average molecular weight is 341 g/mol. The van der Waals surface area contributed by atoms with Gasteiger partial charge in [0.25, 0.3) is 0 Å². The lowest BCUT2D eigenvalue weighted by atomic mass is 10.0. The number of benzene rings is 1. The summed E-state index contributed by atoms with van der Waals surface area (Å²) in [5, 5.41) is 3.60. The lowest BCUT2D eigenvalue weighted by molar-refractivity contribution is -0.132. The number of halogens is 2. The summed E-state index contributed by atoms with van der Waals surface area (Å²) in [6.45, 7) is 0.734. The zero-order chi connectivity index (χ0) is 14.3. The molecule has 1 aromatic carbocycles. The van der Waals surface area contributed by atoms with Crippen LogP contribution in [0.1, 0.15) is 36.4 Å². The van der Waals surface area contributed by atoms with E-state index in [1.807, 2.05) is 7.05 Å². The Bertz CT molecular complexity index is 549. The van der Waals surface area contributed by atoms with Crippen molar-refractivity contribution in [3.8, 4) is 0 Å². The molecule has 0 aromatic heterocycles. The number of likely N-dealkylation sites (tertiary alicyclic amines) is 1. The van der Waals surface area contributed by atoms with Gasteiger partial charge in [-0.1, -0.05) is 15.9 Å². The molecule has 2 atom stereocenters. The van der Waals surface area contributed by atoms with E-state index >= 15 is 0 Å². The van der Waals surface area contributed by atoms with E-state index in [2.05, 4.69) is 21.2 Å². The number of amides is 1. The molecule has 1 amide bonds. The van der Waals surface area contributed by atoms with E-state index in [0.717, 1.165) is 41.4 Å². The lowest BCUT2D eigenvalue weighted by Crippen LogP contribution is -2.47. The highest BCUT2D eigenvalue weighted by Gasteiger charge is 2.31. The van der Waals surface area contributed by atoms with Gasteiger partial charge in [-0.15, -0.1) is 0 Å². The maximum atomic E-state index is 13.8. The minimum absolute atomic E-state index is 0.108. The summed E-state index contributed by atoms with van der Waals surface area (Å²) in [6.07, 6.45) is 3.16. The largest absolute Gasteiger partial charge is 0.344 e. The molecular weight excluding hydrogens is 323 g/mol. The first-order valence-corrected chi connectivity index (χ1v) is 7.82. The quantitative estimate of drug-likeness (QED) is 0.897. The van der Waals surface area contributed by atoms with E-state index in [1.54, 1.807) is 11.0 Å². The van der Waals surface area contributed by atoms with Crippen LogP contribution in [-0.4, -0.2) is 30.4 Å². The maximum absolute atomic E-state index is 13.8. The molecular formula is C15H18BrFN2O. The highest BCUT2D eigenvalue weighted by molar-refractivity contribution is 9.10. The molecule has 3 nitrogen and oxygen atoms in total. The molecule has 5 heteroatoms. The van der Waals surface area contributed by atoms with Gasteiger partial charge in [0.1, 0.15) is 5.82 Å². The predicted octanol–water partition coefficient (Wildman–Crippen LogP) is 2.79. The smallest absolute Gasteiger partial charge is 0.222 e. The van der Waals surface area contributed by atoms with Gasteiger partial charge in [0.2, 0.25) is 5.91 Å². The summed E-state index contributed by atoms with van der Waals surface area (Å²) < 4.78 is 14.8. The summed E-state index contributed by atoms with van der Waals surface area (Å²) in [4.78, 5) is 13.3. The van der Waals surface area contributed by atoms with Gasteiger partial charge in [0.05, 0.1) is 0 Å². The van der Waals surface area contributed by atoms with Crippen LogP contribution in [0.2, 0.25) is 0 Å². The van der Waals surface area contributed by atoms with Crippen molar-refractivity contribution in [3.63, 3.8) is 0 Å². The molecule has 1 N–H and O–H groups in total. The number of rotatable bonds is 2. The van der Waals surface area contributed by atoms with Crippen molar-refractivity contribution in [2.24, 2.45) is 0 Å². The third kappa shape index (κ3) is 2.49. The second-order valence-electron chi connectivity index (χ2n) is 5.69. The summed E-state index contributed by atoms with van der Waals surface area (Å²) >= 11 is 3.54. The molecule has 0 saturated carbocycles. The molecule has 1 heterocycles. The first kappa shape index (κ1) is 14.0. The van der Waals surface area contributed by atoms with Crippen LogP contribution in [0, 0.1) is 5.82 Å². The number of nitrogens with one attached hydrogen (secondary N) is 1. The van der Waals surface area contributed by atoms with Gasteiger partial charge >= 0.3 is 0 Å². The van der Waals surface area contributed by atoms with E-state index in [9.17, 15) is 9.18 Å². The van der Waals surface area contributed by atoms with E-state index in [-0.39, 0.29) is 17.8 Å². The van der Waals surface area contributed by atoms with Gasteiger partial charge in [-0.3, -0.25) is 4.79 Å². The van der Waals surface area contributed by atoms with Crippen LogP contribution in [-0.2, 0) is 11.2 Å². The number of carbonyl (C=O) groups excluding carboxylic acids is 1. The second kappa shape index (κ2) is 5.45. The monoisotopic (exact) mass is 340 g/mol. The third-order valence-corrected chi connectivity index (χ3v) is 5.03. The molecule has 0 radical (unpaired) electrons. The molecule has 0 unspecified atom stereocenters. The SMILES string of the molecule is CN1C[C@@H](N[C@H]2CCc3c(F)ccc(Br)c32)CCC1=O. The van der Waals surface area contributed by atoms with Gasteiger partial charge < -0.3 is 10.2 Å². The molecule has 0 spiro atoms. The Kier molecular flexibility index (Phi) is 3.82. The maximum Gasteiger partial charge on any atom is 0.222 e. The summed E-state index contributed by atoms with van der Waals surface area (Å²) in [6, 6.07) is 3.79. The Labute approximate surface area is 126 Å². The minimum atomic E-state index is -0.108. The van der Waals surface area contributed by atoms with Crippen molar-refractivity contribution in [3.05, 3.63) is 33.5 Å². The Morgan fingerprint density at radius 1 is 1.35 bits per heavy atom. The number of nitrogens with zero attached hydrogens (tertiary/aromatic N) is 1. The highest BCUT2D eigenvalue weighted by atomic mass is 79.9. The summed E-state index contributed by atoms with van der Waals surface area (Å²) in [5.41, 5.74) is 1.89. The second-order valence-corrected chi connectivity index (χ2v) is 6.54. The topological polar surface area (TPSA) is 32.3 Å². The Hall–Kier alpha value is -0.940. The normalized spacial score (nSPS) is 25.9. The molecule has 1 aliphatic carbocycles. The van der Waals surface area contributed by atoms with Crippen LogP contribution in [0.25, 0.3) is 0 Å². The Balaban J connectivity index is 1.76.